The Morgan fingerprint density at radius 1 is 0.333 bits per heavy atom. The largest absolute Gasteiger partial charge is 0.463 e. The Morgan fingerprint density at radius 2 is 0.652 bits per heavy atom. The van der Waals surface area contributed by atoms with Crippen LogP contribution < -0.4 is 0 Å². The van der Waals surface area contributed by atoms with Crippen molar-refractivity contribution in [3.05, 3.63) is 109 Å². The Labute approximate surface area is 408 Å². The van der Waals surface area contributed by atoms with Crippen molar-refractivity contribution < 1.29 is 23.8 Å². The van der Waals surface area contributed by atoms with Gasteiger partial charge in [0.05, 0.1) is 0 Å². The maximum Gasteiger partial charge on any atom is 0.306 e. The molecule has 0 saturated heterocycles. The Bertz CT molecular complexity index is 1310. The van der Waals surface area contributed by atoms with Crippen molar-refractivity contribution in [1.82, 2.24) is 0 Å². The molecule has 0 aliphatic carbocycles. The summed E-state index contributed by atoms with van der Waals surface area (Å²) in [7, 11) is 0. The molecule has 5 nitrogen and oxygen atoms in total. The van der Waals surface area contributed by atoms with Gasteiger partial charge in [-0.3, -0.25) is 9.59 Å². The molecule has 0 bridgehead atoms. The Balaban J connectivity index is 4.44. The lowest BCUT2D eigenvalue weighted by Crippen LogP contribution is -2.29. The molecule has 0 heterocycles. The zero-order chi connectivity index (χ0) is 47.7. The number of allylic oxidation sites excluding steroid dienone is 18. The van der Waals surface area contributed by atoms with E-state index in [-0.39, 0.29) is 25.2 Å². The zero-order valence-corrected chi connectivity index (χ0v) is 43.2. The van der Waals surface area contributed by atoms with Gasteiger partial charge in [-0.2, -0.15) is 0 Å². The normalized spacial score (nSPS) is 13.1. The van der Waals surface area contributed by atoms with E-state index < -0.39 is 6.10 Å². The minimum atomic E-state index is -0.451. The van der Waals surface area contributed by atoms with Crippen LogP contribution in [0.4, 0.5) is 0 Å². The van der Waals surface area contributed by atoms with Gasteiger partial charge in [0, 0.05) is 19.4 Å². The van der Waals surface area contributed by atoms with E-state index in [4.69, 9.17) is 14.2 Å². The maximum absolute atomic E-state index is 12.6. The number of hydrogen-bond acceptors (Lipinski definition) is 5. The summed E-state index contributed by atoms with van der Waals surface area (Å²) in [6.07, 6.45) is 77.1. The molecule has 0 N–H and O–H groups in total. The van der Waals surface area contributed by atoms with Gasteiger partial charge in [-0.05, 0) is 96.3 Å². The molecule has 0 aromatic rings. The molecule has 0 saturated carbocycles. The minimum Gasteiger partial charge on any atom is -0.463 e. The van der Waals surface area contributed by atoms with Gasteiger partial charge in [0.25, 0.3) is 0 Å². The molecule has 1 atom stereocenters. The van der Waals surface area contributed by atoms with Crippen LogP contribution in [0.3, 0.4) is 0 Å². The third-order valence-electron chi connectivity index (χ3n) is 11.3. The second-order valence-electron chi connectivity index (χ2n) is 17.7. The Morgan fingerprint density at radius 3 is 1.06 bits per heavy atom. The summed E-state index contributed by atoms with van der Waals surface area (Å²) >= 11 is 0. The SMILES string of the molecule is CC/C=C\C/C=C\C/C=C\C/C=C\C/C=C\C/C=C\CCC(=O)OC[C@H](COC(=O)CCCC/C=C\C/C=C\C/C=C\CCCCC)OCCCCCCCCCCCCCCCCCC. The highest BCUT2D eigenvalue weighted by Crippen LogP contribution is 2.14. The molecule has 66 heavy (non-hydrogen) atoms. The fourth-order valence-corrected chi connectivity index (χ4v) is 7.22. The predicted octanol–water partition coefficient (Wildman–Crippen LogP) is 18.8. The van der Waals surface area contributed by atoms with Crippen molar-refractivity contribution in [2.75, 3.05) is 19.8 Å². The van der Waals surface area contributed by atoms with Crippen LogP contribution in [0.1, 0.15) is 239 Å². The van der Waals surface area contributed by atoms with Gasteiger partial charge in [-0.1, -0.05) is 239 Å². The first kappa shape index (κ1) is 62.6. The van der Waals surface area contributed by atoms with Gasteiger partial charge < -0.3 is 14.2 Å². The summed E-state index contributed by atoms with van der Waals surface area (Å²) in [4.78, 5) is 25.2. The molecular formula is C61H102O5. The summed E-state index contributed by atoms with van der Waals surface area (Å²) in [5.74, 6) is -0.473. The van der Waals surface area contributed by atoms with Crippen molar-refractivity contribution >= 4 is 11.9 Å². The molecule has 0 aliphatic heterocycles. The number of unbranched alkanes of at least 4 members (excludes halogenated alkanes) is 20. The molecule has 0 fully saturated rings. The lowest BCUT2D eigenvalue weighted by Gasteiger charge is -2.18. The first-order chi connectivity index (χ1) is 32.6. The van der Waals surface area contributed by atoms with Crippen molar-refractivity contribution in [3.63, 3.8) is 0 Å². The first-order valence-electron chi connectivity index (χ1n) is 27.4. The molecule has 0 unspecified atom stereocenters. The molecule has 0 aromatic heterocycles. The van der Waals surface area contributed by atoms with Crippen molar-refractivity contribution in [1.29, 1.82) is 0 Å². The number of carbonyl (C=O) groups excluding carboxylic acids is 2. The summed E-state index contributed by atoms with van der Waals surface area (Å²) in [5, 5.41) is 0. The molecule has 0 radical (unpaired) electrons. The summed E-state index contributed by atoms with van der Waals surface area (Å²) in [5.41, 5.74) is 0. The molecule has 376 valence electrons. The minimum absolute atomic E-state index is 0.100. The Hall–Kier alpha value is -3.44. The molecule has 5 heteroatoms. The van der Waals surface area contributed by atoms with Gasteiger partial charge in [0.1, 0.15) is 19.3 Å². The first-order valence-corrected chi connectivity index (χ1v) is 27.4. The number of hydrogen-bond donors (Lipinski definition) is 0. The second-order valence-corrected chi connectivity index (χ2v) is 17.7. The maximum atomic E-state index is 12.6. The number of esters is 2. The average Bonchev–Trinajstić information content (AvgIpc) is 3.32. The Kier molecular flexibility index (Phi) is 53.0. The molecule has 0 aliphatic rings. The topological polar surface area (TPSA) is 61.8 Å². The quantitative estimate of drug-likeness (QED) is 0.0346. The summed E-state index contributed by atoms with van der Waals surface area (Å²) in [6.45, 7) is 7.47. The van der Waals surface area contributed by atoms with E-state index in [0.29, 0.717) is 25.9 Å². The van der Waals surface area contributed by atoms with E-state index in [1.807, 2.05) is 6.08 Å². The number of carbonyl (C=O) groups is 2. The highest BCUT2D eigenvalue weighted by Gasteiger charge is 2.15. The van der Waals surface area contributed by atoms with E-state index in [1.54, 1.807) is 0 Å². The van der Waals surface area contributed by atoms with Crippen LogP contribution in [0.2, 0.25) is 0 Å². The van der Waals surface area contributed by atoms with Crippen molar-refractivity contribution in [2.45, 2.75) is 245 Å². The van der Waals surface area contributed by atoms with Gasteiger partial charge in [-0.15, -0.1) is 0 Å². The molecule has 0 aromatic carbocycles. The smallest absolute Gasteiger partial charge is 0.306 e. The second kappa shape index (κ2) is 55.9. The van der Waals surface area contributed by atoms with E-state index in [9.17, 15) is 9.59 Å². The molecular weight excluding hydrogens is 813 g/mol. The van der Waals surface area contributed by atoms with E-state index in [2.05, 4.69) is 124 Å². The van der Waals surface area contributed by atoms with Crippen LogP contribution in [0, 0.1) is 0 Å². The highest BCUT2D eigenvalue weighted by molar-refractivity contribution is 5.70. The monoisotopic (exact) mass is 915 g/mol. The van der Waals surface area contributed by atoms with Gasteiger partial charge >= 0.3 is 11.9 Å². The molecule has 0 rings (SSSR count). The van der Waals surface area contributed by atoms with Gasteiger partial charge in [0.2, 0.25) is 0 Å². The number of ether oxygens (including phenoxy) is 3. The molecule has 0 amide bonds. The van der Waals surface area contributed by atoms with Crippen LogP contribution >= 0.6 is 0 Å². The van der Waals surface area contributed by atoms with Crippen molar-refractivity contribution in [3.8, 4) is 0 Å². The van der Waals surface area contributed by atoms with Gasteiger partial charge in [0.15, 0.2) is 0 Å². The predicted molar refractivity (Wildman–Crippen MR) is 288 cm³/mol. The van der Waals surface area contributed by atoms with E-state index >= 15 is 0 Å². The van der Waals surface area contributed by atoms with Crippen LogP contribution in [0.25, 0.3) is 0 Å². The fraction of sp³-hybridized carbons (Fsp3) is 0.672. The lowest BCUT2D eigenvalue weighted by atomic mass is 10.0. The summed E-state index contributed by atoms with van der Waals surface area (Å²) < 4.78 is 17.4. The van der Waals surface area contributed by atoms with Gasteiger partial charge in [-0.25, -0.2) is 0 Å². The third kappa shape index (κ3) is 53.2. The molecule has 0 spiro atoms. The third-order valence-corrected chi connectivity index (χ3v) is 11.3. The lowest BCUT2D eigenvalue weighted by molar-refractivity contribution is -0.155. The van der Waals surface area contributed by atoms with E-state index in [1.165, 1.54) is 116 Å². The van der Waals surface area contributed by atoms with Crippen LogP contribution in [0.5, 0.6) is 0 Å². The summed E-state index contributed by atoms with van der Waals surface area (Å²) in [6, 6.07) is 0. The fourth-order valence-electron chi connectivity index (χ4n) is 7.22. The van der Waals surface area contributed by atoms with E-state index in [0.717, 1.165) is 83.5 Å². The number of rotatable bonds is 49. The standard InChI is InChI=1S/C61H102O5/c1-4-7-10-13-16-19-22-25-28-30-31-32-34-37-40-43-46-49-52-55-61(63)66-58-59(64-56-53-50-47-44-41-38-35-29-26-23-20-17-14-11-8-5-2)57-65-60(62)54-51-48-45-42-39-36-33-27-24-21-18-15-12-9-6-3/h7,10,16,18-19,21,25,27-28,31-33,37,39-40,42,46,49,59H,4-6,8-9,11-15,17,20,22-24,26,29-30,34-36,38,41,43-45,47-48,50-58H2,1-3H3/b10-7-,19-16-,21-18-,28-25-,32-31-,33-27-,40-37-,42-39-,49-46-/t59-/m0/s1. The van der Waals surface area contributed by atoms with Crippen LogP contribution in [-0.4, -0.2) is 37.9 Å². The zero-order valence-electron chi connectivity index (χ0n) is 43.2. The van der Waals surface area contributed by atoms with Crippen LogP contribution in [0.15, 0.2) is 109 Å². The highest BCUT2D eigenvalue weighted by atomic mass is 16.6. The average molecular weight is 915 g/mol. The van der Waals surface area contributed by atoms with Crippen LogP contribution in [-0.2, 0) is 23.8 Å². The van der Waals surface area contributed by atoms with Crippen molar-refractivity contribution in [2.24, 2.45) is 0 Å².